The van der Waals surface area contributed by atoms with Crippen molar-refractivity contribution in [2.45, 2.75) is 31.2 Å². The van der Waals surface area contributed by atoms with Crippen LogP contribution in [0.2, 0.25) is 0 Å². The third kappa shape index (κ3) is 4.56. The molecule has 0 unspecified atom stereocenters. The standard InChI is InChI=1S/C14H23N3O2S/c1-17-7-5-14(6-8-17)16-20(18,19)11-13-4-2-3-12(9-13)10-15/h2-4,9,14,16H,5-8,10-11,15H2,1H3. The minimum Gasteiger partial charge on any atom is -0.326 e. The van der Waals surface area contributed by atoms with Gasteiger partial charge in [0.15, 0.2) is 0 Å². The Bertz CT molecular complexity index is 537. The largest absolute Gasteiger partial charge is 0.326 e. The first kappa shape index (κ1) is 15.4. The van der Waals surface area contributed by atoms with E-state index in [1.165, 1.54) is 0 Å². The van der Waals surface area contributed by atoms with E-state index in [0.717, 1.165) is 37.1 Å². The van der Waals surface area contributed by atoms with Gasteiger partial charge in [-0.3, -0.25) is 0 Å². The van der Waals surface area contributed by atoms with Crippen LogP contribution in [0.1, 0.15) is 24.0 Å². The van der Waals surface area contributed by atoms with Gasteiger partial charge in [0, 0.05) is 12.6 Å². The highest BCUT2D eigenvalue weighted by atomic mass is 32.2. The Morgan fingerprint density at radius 1 is 1.30 bits per heavy atom. The van der Waals surface area contributed by atoms with Gasteiger partial charge in [-0.15, -0.1) is 0 Å². The normalized spacial score (nSPS) is 18.3. The highest BCUT2D eigenvalue weighted by Crippen LogP contribution is 2.12. The van der Waals surface area contributed by atoms with Crippen LogP contribution < -0.4 is 10.5 Å². The first-order valence-electron chi connectivity index (χ1n) is 6.95. The van der Waals surface area contributed by atoms with Crippen molar-refractivity contribution < 1.29 is 8.42 Å². The number of nitrogens with zero attached hydrogens (tertiary/aromatic N) is 1. The monoisotopic (exact) mass is 297 g/mol. The Balaban J connectivity index is 1.96. The van der Waals surface area contributed by atoms with Gasteiger partial charge in [0.05, 0.1) is 5.75 Å². The molecule has 0 radical (unpaired) electrons. The van der Waals surface area contributed by atoms with E-state index in [0.29, 0.717) is 6.54 Å². The maximum Gasteiger partial charge on any atom is 0.216 e. The molecule has 0 bridgehead atoms. The first-order chi connectivity index (χ1) is 9.48. The van der Waals surface area contributed by atoms with Crippen molar-refractivity contribution in [3.05, 3.63) is 35.4 Å². The van der Waals surface area contributed by atoms with Gasteiger partial charge in [-0.05, 0) is 44.1 Å². The van der Waals surface area contributed by atoms with Crippen LogP contribution in [0.4, 0.5) is 0 Å². The Labute approximate surface area is 121 Å². The fraction of sp³-hybridized carbons (Fsp3) is 0.571. The van der Waals surface area contributed by atoms with Crippen molar-refractivity contribution in [1.29, 1.82) is 0 Å². The van der Waals surface area contributed by atoms with Crippen molar-refractivity contribution in [3.8, 4) is 0 Å². The predicted molar refractivity (Wildman–Crippen MR) is 80.6 cm³/mol. The molecule has 112 valence electrons. The molecular weight excluding hydrogens is 274 g/mol. The summed E-state index contributed by atoms with van der Waals surface area (Å²) in [4.78, 5) is 2.22. The minimum absolute atomic E-state index is 0.0210. The van der Waals surface area contributed by atoms with E-state index in [1.807, 2.05) is 24.3 Å². The van der Waals surface area contributed by atoms with Crippen LogP contribution in [-0.2, 0) is 22.3 Å². The van der Waals surface area contributed by atoms with Gasteiger partial charge in [-0.2, -0.15) is 0 Å². The molecule has 0 amide bonds. The lowest BCUT2D eigenvalue weighted by molar-refractivity contribution is 0.248. The van der Waals surface area contributed by atoms with Crippen molar-refractivity contribution in [1.82, 2.24) is 9.62 Å². The van der Waals surface area contributed by atoms with E-state index < -0.39 is 10.0 Å². The highest BCUT2D eigenvalue weighted by molar-refractivity contribution is 7.88. The van der Waals surface area contributed by atoms with E-state index in [2.05, 4.69) is 16.7 Å². The number of rotatable bonds is 5. The van der Waals surface area contributed by atoms with Crippen LogP contribution in [0.5, 0.6) is 0 Å². The van der Waals surface area contributed by atoms with E-state index in [4.69, 9.17) is 5.73 Å². The zero-order valence-electron chi connectivity index (χ0n) is 11.9. The summed E-state index contributed by atoms with van der Waals surface area (Å²) in [6.07, 6.45) is 1.75. The topological polar surface area (TPSA) is 75.4 Å². The number of hydrogen-bond acceptors (Lipinski definition) is 4. The maximum absolute atomic E-state index is 12.2. The molecule has 1 saturated heterocycles. The number of hydrogen-bond donors (Lipinski definition) is 2. The van der Waals surface area contributed by atoms with Gasteiger partial charge in [-0.25, -0.2) is 13.1 Å². The van der Waals surface area contributed by atoms with E-state index in [1.54, 1.807) is 0 Å². The van der Waals surface area contributed by atoms with Crippen molar-refractivity contribution in [2.24, 2.45) is 5.73 Å². The molecule has 1 aromatic carbocycles. The summed E-state index contributed by atoms with van der Waals surface area (Å²) in [5.41, 5.74) is 7.32. The SMILES string of the molecule is CN1CCC(NS(=O)(=O)Cc2cccc(CN)c2)CC1. The van der Waals surface area contributed by atoms with Gasteiger partial charge in [-0.1, -0.05) is 24.3 Å². The molecule has 0 aliphatic carbocycles. The number of sulfonamides is 1. The molecule has 0 saturated carbocycles. The third-order valence-electron chi connectivity index (χ3n) is 3.65. The lowest BCUT2D eigenvalue weighted by Gasteiger charge is -2.29. The van der Waals surface area contributed by atoms with Gasteiger partial charge in [0.25, 0.3) is 0 Å². The van der Waals surface area contributed by atoms with E-state index in [-0.39, 0.29) is 11.8 Å². The Kier molecular flexibility index (Phi) is 5.15. The number of likely N-dealkylation sites (tertiary alicyclic amines) is 1. The van der Waals surface area contributed by atoms with Gasteiger partial charge in [0.1, 0.15) is 0 Å². The van der Waals surface area contributed by atoms with Crippen LogP contribution in [-0.4, -0.2) is 39.5 Å². The molecule has 2 rings (SSSR count). The van der Waals surface area contributed by atoms with Crippen molar-refractivity contribution in [2.75, 3.05) is 20.1 Å². The molecule has 0 atom stereocenters. The summed E-state index contributed by atoms with van der Waals surface area (Å²) in [5.74, 6) is 0.0210. The Hall–Kier alpha value is -0.950. The summed E-state index contributed by atoms with van der Waals surface area (Å²) < 4.78 is 27.2. The van der Waals surface area contributed by atoms with Crippen molar-refractivity contribution >= 4 is 10.0 Å². The molecule has 0 aromatic heterocycles. The molecule has 20 heavy (non-hydrogen) atoms. The predicted octanol–water partition coefficient (Wildman–Crippen LogP) is 0.659. The molecule has 1 aliphatic heterocycles. The second-order valence-electron chi connectivity index (χ2n) is 5.48. The van der Waals surface area contributed by atoms with Crippen LogP contribution in [0.25, 0.3) is 0 Å². The molecule has 5 nitrogen and oxygen atoms in total. The van der Waals surface area contributed by atoms with E-state index >= 15 is 0 Å². The summed E-state index contributed by atoms with van der Waals surface area (Å²) >= 11 is 0. The maximum atomic E-state index is 12.2. The fourth-order valence-corrected chi connectivity index (χ4v) is 3.93. The highest BCUT2D eigenvalue weighted by Gasteiger charge is 2.22. The van der Waals surface area contributed by atoms with Gasteiger partial charge < -0.3 is 10.6 Å². The molecule has 1 aromatic rings. The summed E-state index contributed by atoms with van der Waals surface area (Å²) in [6, 6.07) is 7.50. The molecule has 1 heterocycles. The number of benzene rings is 1. The fourth-order valence-electron chi connectivity index (χ4n) is 2.49. The third-order valence-corrected chi connectivity index (χ3v) is 5.05. The molecule has 6 heteroatoms. The second kappa shape index (κ2) is 6.67. The number of nitrogens with one attached hydrogen (secondary N) is 1. The Morgan fingerprint density at radius 2 is 1.95 bits per heavy atom. The lowest BCUT2D eigenvalue weighted by atomic mass is 10.1. The lowest BCUT2D eigenvalue weighted by Crippen LogP contribution is -2.43. The summed E-state index contributed by atoms with van der Waals surface area (Å²) in [6.45, 7) is 2.31. The van der Waals surface area contributed by atoms with Gasteiger partial charge in [0.2, 0.25) is 10.0 Å². The summed E-state index contributed by atoms with van der Waals surface area (Å²) in [5, 5.41) is 0. The minimum atomic E-state index is -3.29. The number of piperidine rings is 1. The molecule has 0 spiro atoms. The average Bonchev–Trinajstić information content (AvgIpc) is 2.41. The van der Waals surface area contributed by atoms with Crippen LogP contribution in [0, 0.1) is 0 Å². The molecule has 1 aliphatic rings. The summed E-state index contributed by atoms with van der Waals surface area (Å²) in [7, 11) is -1.23. The Morgan fingerprint density at radius 3 is 2.60 bits per heavy atom. The molecular formula is C14H23N3O2S. The zero-order chi connectivity index (χ0) is 14.6. The average molecular weight is 297 g/mol. The quantitative estimate of drug-likeness (QED) is 0.837. The van der Waals surface area contributed by atoms with Gasteiger partial charge >= 0.3 is 0 Å². The van der Waals surface area contributed by atoms with Crippen molar-refractivity contribution in [3.63, 3.8) is 0 Å². The van der Waals surface area contributed by atoms with Crippen LogP contribution >= 0.6 is 0 Å². The van der Waals surface area contributed by atoms with Crippen LogP contribution in [0.3, 0.4) is 0 Å². The first-order valence-corrected chi connectivity index (χ1v) is 8.60. The molecule has 3 N–H and O–H groups in total. The van der Waals surface area contributed by atoms with E-state index in [9.17, 15) is 8.42 Å². The zero-order valence-corrected chi connectivity index (χ0v) is 12.7. The molecule has 1 fully saturated rings. The smallest absolute Gasteiger partial charge is 0.216 e. The van der Waals surface area contributed by atoms with Crippen LogP contribution in [0.15, 0.2) is 24.3 Å². The second-order valence-corrected chi connectivity index (χ2v) is 7.23. The number of nitrogens with two attached hydrogens (primary N) is 1.